The second-order valence-corrected chi connectivity index (χ2v) is 7.70. The molecule has 0 bridgehead atoms. The number of hydrogen-bond acceptors (Lipinski definition) is 5. The van der Waals surface area contributed by atoms with E-state index in [9.17, 15) is 9.90 Å². The maximum absolute atomic E-state index is 12.3. The Labute approximate surface area is 155 Å². The number of rotatable bonds is 3. The molecule has 1 aliphatic carbocycles. The predicted molar refractivity (Wildman–Crippen MR) is 99.2 cm³/mol. The highest BCUT2D eigenvalue weighted by molar-refractivity contribution is 9.10. The number of nitrogens with zero attached hydrogens (tertiary/aromatic N) is 2. The molecule has 0 radical (unpaired) electrons. The minimum atomic E-state index is -0.641. The minimum Gasteiger partial charge on any atom is -0.465 e. The van der Waals surface area contributed by atoms with Gasteiger partial charge in [-0.05, 0) is 44.7 Å². The number of hydrogen-bond donors (Lipinski definition) is 2. The van der Waals surface area contributed by atoms with E-state index < -0.39 is 11.6 Å². The molecule has 0 unspecified atom stereocenters. The van der Waals surface area contributed by atoms with E-state index in [0.717, 1.165) is 22.9 Å². The van der Waals surface area contributed by atoms with Crippen LogP contribution in [0.5, 0.6) is 0 Å². The lowest BCUT2D eigenvalue weighted by atomic mass is 9.84. The van der Waals surface area contributed by atoms with Crippen LogP contribution in [0.4, 0.5) is 5.82 Å². The van der Waals surface area contributed by atoms with Crippen LogP contribution in [0.1, 0.15) is 49.0 Å². The van der Waals surface area contributed by atoms with Crippen LogP contribution in [0.3, 0.4) is 0 Å². The number of ether oxygens (including phenoxy) is 1. The molecule has 0 saturated heterocycles. The van der Waals surface area contributed by atoms with Gasteiger partial charge in [-0.25, -0.2) is 9.48 Å². The van der Waals surface area contributed by atoms with Crippen molar-refractivity contribution >= 4 is 27.7 Å². The van der Waals surface area contributed by atoms with E-state index in [1.807, 2.05) is 31.2 Å². The van der Waals surface area contributed by atoms with Crippen molar-refractivity contribution in [1.82, 2.24) is 9.78 Å². The molecule has 6 nitrogen and oxygen atoms in total. The van der Waals surface area contributed by atoms with Crippen LogP contribution in [0, 0.1) is 0 Å². The highest BCUT2D eigenvalue weighted by Gasteiger charge is 2.33. The van der Waals surface area contributed by atoms with Crippen molar-refractivity contribution in [3.8, 4) is 11.3 Å². The molecule has 1 aromatic heterocycles. The summed E-state index contributed by atoms with van der Waals surface area (Å²) in [5.41, 5.74) is 7.25. The van der Waals surface area contributed by atoms with Crippen LogP contribution in [-0.4, -0.2) is 33.6 Å². The Bertz CT molecular complexity index is 774. The second kappa shape index (κ2) is 6.80. The summed E-state index contributed by atoms with van der Waals surface area (Å²) in [6.45, 7) is 1.85. The summed E-state index contributed by atoms with van der Waals surface area (Å²) >= 11 is 3.41. The van der Waals surface area contributed by atoms with Gasteiger partial charge in [0.05, 0.1) is 18.8 Å². The number of aliphatic hydroxyl groups is 1. The molecule has 1 fully saturated rings. The van der Waals surface area contributed by atoms with Crippen LogP contribution in [0.2, 0.25) is 0 Å². The van der Waals surface area contributed by atoms with E-state index in [-0.39, 0.29) is 6.04 Å². The largest absolute Gasteiger partial charge is 0.465 e. The van der Waals surface area contributed by atoms with Gasteiger partial charge in [-0.3, -0.25) is 0 Å². The van der Waals surface area contributed by atoms with Crippen molar-refractivity contribution in [3.05, 3.63) is 34.3 Å². The van der Waals surface area contributed by atoms with Gasteiger partial charge in [0.1, 0.15) is 17.1 Å². The first-order chi connectivity index (χ1) is 11.8. The minimum absolute atomic E-state index is 0.0628. The number of carbonyl (C=O) groups is 1. The molecule has 2 aromatic rings. The van der Waals surface area contributed by atoms with Crippen LogP contribution in [-0.2, 0) is 4.74 Å². The van der Waals surface area contributed by atoms with Crippen molar-refractivity contribution in [2.75, 3.05) is 12.8 Å². The first-order valence-electron chi connectivity index (χ1n) is 8.27. The maximum Gasteiger partial charge on any atom is 0.343 e. The summed E-state index contributed by atoms with van der Waals surface area (Å²) in [4.78, 5) is 12.3. The highest BCUT2D eigenvalue weighted by atomic mass is 79.9. The molecule has 0 spiro atoms. The Morgan fingerprint density at radius 3 is 2.52 bits per heavy atom. The van der Waals surface area contributed by atoms with Gasteiger partial charge in [0.25, 0.3) is 0 Å². The molecular weight excluding hydrogens is 386 g/mol. The maximum atomic E-state index is 12.3. The molecule has 0 amide bonds. The summed E-state index contributed by atoms with van der Waals surface area (Å²) in [5, 5.41) is 14.8. The van der Waals surface area contributed by atoms with Crippen molar-refractivity contribution in [2.24, 2.45) is 0 Å². The van der Waals surface area contributed by atoms with Crippen LogP contribution in [0.25, 0.3) is 11.3 Å². The van der Waals surface area contributed by atoms with E-state index in [1.54, 1.807) is 4.68 Å². The topological polar surface area (TPSA) is 90.4 Å². The number of nitrogens with two attached hydrogens (primary N) is 1. The van der Waals surface area contributed by atoms with Gasteiger partial charge < -0.3 is 15.6 Å². The number of carbonyl (C=O) groups excluding carboxylic acids is 1. The number of esters is 1. The molecule has 3 N–H and O–H groups in total. The smallest absolute Gasteiger partial charge is 0.343 e. The fourth-order valence-electron chi connectivity index (χ4n) is 3.31. The summed E-state index contributed by atoms with van der Waals surface area (Å²) in [6, 6.07) is 7.61. The van der Waals surface area contributed by atoms with Crippen LogP contribution in [0.15, 0.2) is 28.7 Å². The Morgan fingerprint density at radius 2 is 1.96 bits per heavy atom. The van der Waals surface area contributed by atoms with Gasteiger partial charge in [-0.15, -0.1) is 0 Å². The third-order valence-corrected chi connectivity index (χ3v) is 5.36. The van der Waals surface area contributed by atoms with E-state index in [1.165, 1.54) is 7.11 Å². The first-order valence-corrected chi connectivity index (χ1v) is 9.06. The molecule has 3 rings (SSSR count). The SMILES string of the molecule is COC(=O)c1c(-c2ccc(Br)cc2)nn(C2CCC(C)(O)CC2)c1N. The average Bonchev–Trinajstić information content (AvgIpc) is 2.92. The summed E-state index contributed by atoms with van der Waals surface area (Å²) in [5.74, 6) is -0.180. The summed E-state index contributed by atoms with van der Waals surface area (Å²) in [6.07, 6.45) is 2.88. The fraction of sp³-hybridized carbons (Fsp3) is 0.444. The monoisotopic (exact) mass is 407 g/mol. The molecular formula is C18H22BrN3O3. The number of halogens is 1. The average molecular weight is 408 g/mol. The molecule has 25 heavy (non-hydrogen) atoms. The fourth-order valence-corrected chi connectivity index (χ4v) is 3.57. The molecule has 0 atom stereocenters. The molecule has 1 saturated carbocycles. The van der Waals surface area contributed by atoms with E-state index >= 15 is 0 Å². The molecule has 134 valence electrons. The molecule has 1 aromatic carbocycles. The second-order valence-electron chi connectivity index (χ2n) is 6.78. The lowest BCUT2D eigenvalue weighted by Gasteiger charge is -2.33. The van der Waals surface area contributed by atoms with Gasteiger partial charge >= 0.3 is 5.97 Å². The number of benzene rings is 1. The van der Waals surface area contributed by atoms with E-state index in [4.69, 9.17) is 10.5 Å². The Morgan fingerprint density at radius 1 is 1.36 bits per heavy atom. The van der Waals surface area contributed by atoms with Gasteiger partial charge in [-0.2, -0.15) is 5.10 Å². The van der Waals surface area contributed by atoms with Crippen molar-refractivity contribution in [2.45, 2.75) is 44.2 Å². The lowest BCUT2D eigenvalue weighted by molar-refractivity contribution is 0.00877. The third-order valence-electron chi connectivity index (χ3n) is 4.83. The predicted octanol–water partition coefficient (Wildman–Crippen LogP) is 3.55. The summed E-state index contributed by atoms with van der Waals surface area (Å²) < 4.78 is 7.58. The molecule has 0 aliphatic heterocycles. The first kappa shape index (κ1) is 17.9. The van der Waals surface area contributed by atoms with Crippen LogP contribution >= 0.6 is 15.9 Å². The zero-order valence-corrected chi connectivity index (χ0v) is 15.9. The number of nitrogen functional groups attached to an aromatic ring is 1. The third kappa shape index (κ3) is 3.57. The number of methoxy groups -OCH3 is 1. The lowest BCUT2D eigenvalue weighted by Crippen LogP contribution is -2.32. The number of anilines is 1. The van der Waals surface area contributed by atoms with Gasteiger partial charge in [0, 0.05) is 10.0 Å². The van der Waals surface area contributed by atoms with Crippen molar-refractivity contribution < 1.29 is 14.6 Å². The number of aromatic nitrogens is 2. The van der Waals surface area contributed by atoms with Crippen LogP contribution < -0.4 is 5.73 Å². The Hall–Kier alpha value is -1.86. The van der Waals surface area contributed by atoms with Gasteiger partial charge in [0.2, 0.25) is 0 Å². The zero-order chi connectivity index (χ0) is 18.2. The van der Waals surface area contributed by atoms with Gasteiger partial charge in [-0.1, -0.05) is 28.1 Å². The quantitative estimate of drug-likeness (QED) is 0.759. The van der Waals surface area contributed by atoms with Gasteiger partial charge in [0.15, 0.2) is 0 Å². The molecule has 7 heteroatoms. The normalized spacial score (nSPS) is 23.4. The van der Waals surface area contributed by atoms with Crippen molar-refractivity contribution in [3.63, 3.8) is 0 Å². The Balaban J connectivity index is 2.03. The Kier molecular flexibility index (Phi) is 4.88. The van der Waals surface area contributed by atoms with E-state index in [2.05, 4.69) is 21.0 Å². The van der Waals surface area contributed by atoms with Crippen molar-refractivity contribution in [1.29, 1.82) is 0 Å². The molecule has 1 aliphatic rings. The zero-order valence-electron chi connectivity index (χ0n) is 14.3. The molecule has 1 heterocycles. The highest BCUT2D eigenvalue weighted by Crippen LogP contribution is 2.38. The standard InChI is InChI=1S/C18H22BrN3O3/c1-18(24)9-7-13(8-10-18)22-16(20)14(17(23)25-2)15(21-22)11-3-5-12(19)6-4-11/h3-6,13,24H,7-10,20H2,1-2H3. The van der Waals surface area contributed by atoms with E-state index in [0.29, 0.717) is 29.9 Å². The summed E-state index contributed by atoms with van der Waals surface area (Å²) in [7, 11) is 1.34.